The number of nitrogens with one attached hydrogen (secondary N) is 2. The molecule has 2 aromatic rings. The van der Waals surface area contributed by atoms with E-state index in [4.69, 9.17) is 4.74 Å². The van der Waals surface area contributed by atoms with Crippen LogP contribution in [0.25, 0.3) is 10.9 Å². The van der Waals surface area contributed by atoms with Crippen molar-refractivity contribution in [3.05, 3.63) is 36.5 Å². The molecule has 122 valence electrons. The molecular formula is C18H23N3O2. The van der Waals surface area contributed by atoms with E-state index in [9.17, 15) is 4.79 Å². The normalized spacial score (nSPS) is 15.3. The average Bonchev–Trinajstić information content (AvgIpc) is 2.60. The Morgan fingerprint density at radius 2 is 2.00 bits per heavy atom. The number of fused-ring (bicyclic) bond motifs is 1. The van der Waals surface area contributed by atoms with Crippen LogP contribution < -0.4 is 15.4 Å². The largest absolute Gasteiger partial charge is 0.489 e. The van der Waals surface area contributed by atoms with Gasteiger partial charge in [0.1, 0.15) is 17.9 Å². The van der Waals surface area contributed by atoms with Gasteiger partial charge in [-0.25, -0.2) is 4.79 Å². The molecule has 0 atom stereocenters. The van der Waals surface area contributed by atoms with Crippen LogP contribution in [-0.4, -0.2) is 30.2 Å². The van der Waals surface area contributed by atoms with Crippen LogP contribution in [0, 0.1) is 0 Å². The van der Waals surface area contributed by atoms with Gasteiger partial charge in [-0.1, -0.05) is 37.5 Å². The van der Waals surface area contributed by atoms with Crippen molar-refractivity contribution < 1.29 is 9.53 Å². The van der Waals surface area contributed by atoms with Crippen molar-refractivity contribution in [1.29, 1.82) is 0 Å². The number of amides is 2. The third-order valence-corrected chi connectivity index (χ3v) is 4.18. The molecule has 1 heterocycles. The molecule has 0 bridgehead atoms. The molecule has 5 heteroatoms. The van der Waals surface area contributed by atoms with Gasteiger partial charge in [0.05, 0.1) is 6.54 Å². The Balaban J connectivity index is 1.43. The van der Waals surface area contributed by atoms with Crippen molar-refractivity contribution in [3.8, 4) is 5.75 Å². The predicted molar refractivity (Wildman–Crippen MR) is 90.6 cm³/mol. The number of rotatable bonds is 5. The van der Waals surface area contributed by atoms with E-state index in [2.05, 4.69) is 15.6 Å². The molecule has 2 amide bonds. The summed E-state index contributed by atoms with van der Waals surface area (Å²) in [6.07, 6.45) is 7.64. The number of benzene rings is 1. The van der Waals surface area contributed by atoms with Crippen LogP contribution in [0.15, 0.2) is 36.5 Å². The molecule has 1 aromatic carbocycles. The molecule has 1 fully saturated rings. The molecule has 2 N–H and O–H groups in total. The highest BCUT2D eigenvalue weighted by Crippen LogP contribution is 2.22. The Kier molecular flexibility index (Phi) is 5.29. The lowest BCUT2D eigenvalue weighted by Gasteiger charge is -2.22. The van der Waals surface area contributed by atoms with Crippen molar-refractivity contribution in [2.24, 2.45) is 0 Å². The summed E-state index contributed by atoms with van der Waals surface area (Å²) in [6, 6.07) is 9.99. The van der Waals surface area contributed by atoms with E-state index in [1.807, 2.05) is 30.3 Å². The number of para-hydroxylation sites is 1. The number of urea groups is 1. The lowest BCUT2D eigenvalue weighted by Crippen LogP contribution is -2.44. The minimum atomic E-state index is -0.100. The van der Waals surface area contributed by atoms with Gasteiger partial charge in [-0.2, -0.15) is 0 Å². The fourth-order valence-corrected chi connectivity index (χ4v) is 3.00. The van der Waals surface area contributed by atoms with Crippen molar-refractivity contribution >= 4 is 16.9 Å². The Bertz CT molecular complexity index is 648. The topological polar surface area (TPSA) is 63.2 Å². The van der Waals surface area contributed by atoms with Gasteiger partial charge >= 0.3 is 6.03 Å². The Morgan fingerprint density at radius 3 is 2.87 bits per heavy atom. The van der Waals surface area contributed by atoms with Gasteiger partial charge in [-0.3, -0.25) is 4.98 Å². The summed E-state index contributed by atoms with van der Waals surface area (Å²) in [7, 11) is 0. The summed E-state index contributed by atoms with van der Waals surface area (Å²) in [4.78, 5) is 16.2. The molecule has 0 saturated heterocycles. The van der Waals surface area contributed by atoms with Gasteiger partial charge in [0, 0.05) is 17.6 Å². The van der Waals surface area contributed by atoms with E-state index < -0.39 is 0 Å². The number of ether oxygens (including phenoxy) is 1. The smallest absolute Gasteiger partial charge is 0.315 e. The zero-order valence-electron chi connectivity index (χ0n) is 13.3. The predicted octanol–water partition coefficient (Wildman–Crippen LogP) is 3.25. The summed E-state index contributed by atoms with van der Waals surface area (Å²) in [5.41, 5.74) is 0.849. The molecule has 0 spiro atoms. The Hall–Kier alpha value is -2.30. The number of nitrogens with zero attached hydrogens (tertiary/aromatic N) is 1. The molecule has 1 aromatic heterocycles. The fraction of sp³-hybridized carbons (Fsp3) is 0.444. The van der Waals surface area contributed by atoms with Crippen LogP contribution in [-0.2, 0) is 0 Å². The monoisotopic (exact) mass is 313 g/mol. The lowest BCUT2D eigenvalue weighted by atomic mass is 9.96. The maximum Gasteiger partial charge on any atom is 0.315 e. The molecule has 0 radical (unpaired) electrons. The van der Waals surface area contributed by atoms with Crippen LogP contribution in [0.2, 0.25) is 0 Å². The van der Waals surface area contributed by atoms with Crippen LogP contribution in [0.3, 0.4) is 0 Å². The van der Waals surface area contributed by atoms with E-state index in [1.165, 1.54) is 19.3 Å². The van der Waals surface area contributed by atoms with Crippen LogP contribution >= 0.6 is 0 Å². The second-order valence-corrected chi connectivity index (χ2v) is 5.91. The van der Waals surface area contributed by atoms with Gasteiger partial charge in [-0.15, -0.1) is 0 Å². The molecule has 1 saturated carbocycles. The van der Waals surface area contributed by atoms with Gasteiger partial charge in [0.15, 0.2) is 0 Å². The Morgan fingerprint density at radius 1 is 1.17 bits per heavy atom. The molecule has 23 heavy (non-hydrogen) atoms. The second kappa shape index (κ2) is 7.81. The third kappa shape index (κ3) is 4.34. The highest BCUT2D eigenvalue weighted by atomic mass is 16.5. The SMILES string of the molecule is O=C(NCCOc1cccc2cccnc12)NC1CCCCC1. The average molecular weight is 313 g/mol. The van der Waals surface area contributed by atoms with Gasteiger partial charge in [0.2, 0.25) is 0 Å². The first-order chi connectivity index (χ1) is 11.3. The number of aromatic nitrogens is 1. The first kappa shape index (κ1) is 15.6. The van der Waals surface area contributed by atoms with Crippen molar-refractivity contribution in [2.75, 3.05) is 13.2 Å². The minimum absolute atomic E-state index is 0.100. The summed E-state index contributed by atoms with van der Waals surface area (Å²) >= 11 is 0. The van der Waals surface area contributed by atoms with E-state index in [1.54, 1.807) is 6.20 Å². The maximum absolute atomic E-state index is 11.8. The second-order valence-electron chi connectivity index (χ2n) is 5.91. The van der Waals surface area contributed by atoms with Crippen molar-refractivity contribution in [3.63, 3.8) is 0 Å². The van der Waals surface area contributed by atoms with Gasteiger partial charge < -0.3 is 15.4 Å². The molecule has 0 unspecified atom stereocenters. The van der Waals surface area contributed by atoms with Crippen LogP contribution in [0.4, 0.5) is 4.79 Å². The zero-order valence-corrected chi connectivity index (χ0v) is 13.3. The van der Waals surface area contributed by atoms with Gasteiger partial charge in [0.25, 0.3) is 0 Å². The van der Waals surface area contributed by atoms with E-state index in [0.29, 0.717) is 19.2 Å². The van der Waals surface area contributed by atoms with E-state index >= 15 is 0 Å². The molecule has 0 aliphatic heterocycles. The van der Waals surface area contributed by atoms with Crippen molar-refractivity contribution in [2.45, 2.75) is 38.1 Å². The molecule has 3 rings (SSSR count). The summed E-state index contributed by atoms with van der Waals surface area (Å²) in [5.74, 6) is 0.748. The quantitative estimate of drug-likeness (QED) is 0.833. The lowest BCUT2D eigenvalue weighted by molar-refractivity contribution is 0.228. The highest BCUT2D eigenvalue weighted by molar-refractivity contribution is 5.84. The van der Waals surface area contributed by atoms with Crippen LogP contribution in [0.5, 0.6) is 5.75 Å². The van der Waals surface area contributed by atoms with E-state index in [0.717, 1.165) is 29.5 Å². The zero-order chi connectivity index (χ0) is 15.9. The third-order valence-electron chi connectivity index (χ3n) is 4.18. The summed E-state index contributed by atoms with van der Waals surface area (Å²) in [5, 5.41) is 6.93. The maximum atomic E-state index is 11.8. The molecular weight excluding hydrogens is 290 g/mol. The first-order valence-electron chi connectivity index (χ1n) is 8.34. The van der Waals surface area contributed by atoms with Crippen molar-refractivity contribution in [1.82, 2.24) is 15.6 Å². The van der Waals surface area contributed by atoms with Crippen LogP contribution in [0.1, 0.15) is 32.1 Å². The minimum Gasteiger partial charge on any atom is -0.489 e. The standard InChI is InChI=1S/C18H23N3O2/c22-18(21-15-8-2-1-3-9-15)20-12-13-23-16-10-4-6-14-7-5-11-19-17(14)16/h4-7,10-11,15H,1-3,8-9,12-13H2,(H2,20,21,22). The highest BCUT2D eigenvalue weighted by Gasteiger charge is 2.15. The first-order valence-corrected chi connectivity index (χ1v) is 8.34. The summed E-state index contributed by atoms with van der Waals surface area (Å²) in [6.45, 7) is 0.898. The van der Waals surface area contributed by atoms with E-state index in [-0.39, 0.29) is 6.03 Å². The molecule has 1 aliphatic carbocycles. The fourth-order valence-electron chi connectivity index (χ4n) is 3.00. The van der Waals surface area contributed by atoms with Gasteiger partial charge in [-0.05, 0) is 25.0 Å². The number of carbonyl (C=O) groups is 1. The number of pyridine rings is 1. The number of carbonyl (C=O) groups excluding carboxylic acids is 1. The molecule has 1 aliphatic rings. The summed E-state index contributed by atoms with van der Waals surface area (Å²) < 4.78 is 5.75. The number of hydrogen-bond acceptors (Lipinski definition) is 3. The molecule has 5 nitrogen and oxygen atoms in total. The Labute approximate surface area is 136 Å². The number of hydrogen-bond donors (Lipinski definition) is 2.